The number of hydrogen-bond acceptors (Lipinski definition) is 22. The SMILES string of the molecule is C/C(C(=O)CC[C@@H](C)CO[C@@H]1O[C@H](CO)[C@@H](O)[C@H](O)[C@H]1O)=C1/C(=O)C[C@H]2[C@@H]3CC=C4C[C@@H](O[C@@H]5O[C@H](CO)[C@@H](O[C@@H]6O[C@@H](CO)[C@H](O)[C@H]6O)[C@H](O)[C@H]5O[C@@H]5O[C@@H](C)[C@H](O)[C@@H](O)[C@H]5O)CC[C@]4(C)[C@H]3CC[C@]12C. The number of ketones is 2. The van der Waals surface area contributed by atoms with Crippen LogP contribution in [0.2, 0.25) is 0 Å². The Morgan fingerprint density at radius 3 is 1.92 bits per heavy atom. The molecule has 22 heteroatoms. The molecule has 8 aliphatic rings. The van der Waals surface area contributed by atoms with Gasteiger partial charge in [-0.25, -0.2) is 0 Å². The zero-order valence-electron chi connectivity index (χ0n) is 41.6. The van der Waals surface area contributed by atoms with Gasteiger partial charge in [0.15, 0.2) is 36.7 Å². The van der Waals surface area contributed by atoms with E-state index in [4.69, 9.17) is 37.9 Å². The number of fused-ring (bicyclic) bond motifs is 5. The van der Waals surface area contributed by atoms with Crippen LogP contribution in [0.15, 0.2) is 22.8 Å². The first-order valence-corrected chi connectivity index (χ1v) is 25.7. The van der Waals surface area contributed by atoms with Gasteiger partial charge in [0.1, 0.15) is 85.5 Å². The van der Waals surface area contributed by atoms with Crippen molar-refractivity contribution in [1.29, 1.82) is 0 Å². The summed E-state index contributed by atoms with van der Waals surface area (Å²) < 4.78 is 47.3. The summed E-state index contributed by atoms with van der Waals surface area (Å²) in [5.74, 6) is 0.120. The Hall–Kier alpha value is -1.98. The van der Waals surface area contributed by atoms with E-state index < -0.39 is 148 Å². The molecule has 0 aromatic carbocycles. The van der Waals surface area contributed by atoms with Gasteiger partial charge in [-0.2, -0.15) is 0 Å². The number of carbonyl (C=O) groups excluding carboxylic acids is 2. The smallest absolute Gasteiger partial charge is 0.187 e. The zero-order chi connectivity index (χ0) is 52.3. The number of hydrogen-bond donors (Lipinski definition) is 12. The third-order valence-corrected chi connectivity index (χ3v) is 17.8. The average molecular weight is 1030 g/mol. The Balaban J connectivity index is 0.929. The monoisotopic (exact) mass is 1030 g/mol. The molecule has 0 aromatic rings. The predicted octanol–water partition coefficient (Wildman–Crippen LogP) is -2.25. The minimum atomic E-state index is -1.77. The Bertz CT molecular complexity index is 1970. The lowest BCUT2D eigenvalue weighted by molar-refractivity contribution is -0.380. The molecule has 4 aliphatic heterocycles. The first-order valence-electron chi connectivity index (χ1n) is 25.7. The molecule has 22 nitrogen and oxygen atoms in total. The van der Waals surface area contributed by atoms with Crippen molar-refractivity contribution in [2.75, 3.05) is 26.4 Å². The van der Waals surface area contributed by atoms with Crippen LogP contribution >= 0.6 is 0 Å². The van der Waals surface area contributed by atoms with Gasteiger partial charge in [-0.3, -0.25) is 9.59 Å². The Kier molecular flexibility index (Phi) is 17.6. The van der Waals surface area contributed by atoms with Crippen LogP contribution in [0.1, 0.15) is 92.4 Å². The average Bonchev–Trinajstić information content (AvgIpc) is 3.80. The van der Waals surface area contributed by atoms with Crippen LogP contribution in [0, 0.1) is 34.5 Å². The molecule has 3 saturated carbocycles. The number of aliphatic hydroxyl groups excluding tert-OH is 12. The Morgan fingerprint density at radius 2 is 1.24 bits per heavy atom. The van der Waals surface area contributed by atoms with Crippen LogP contribution in [0.25, 0.3) is 0 Å². The molecule has 26 atom stereocenters. The van der Waals surface area contributed by atoms with Gasteiger partial charge in [-0.15, -0.1) is 0 Å². The molecule has 0 bridgehead atoms. The third kappa shape index (κ3) is 10.4. The second-order valence-electron chi connectivity index (χ2n) is 22.2. The van der Waals surface area contributed by atoms with Crippen molar-refractivity contribution in [1.82, 2.24) is 0 Å². The van der Waals surface area contributed by atoms with Crippen LogP contribution in [-0.2, 0) is 47.5 Å². The molecule has 0 aromatic heterocycles. The molecule has 0 unspecified atom stereocenters. The lowest BCUT2D eigenvalue weighted by Crippen LogP contribution is -2.65. The van der Waals surface area contributed by atoms with E-state index in [1.165, 1.54) is 12.5 Å². The van der Waals surface area contributed by atoms with E-state index in [1.54, 1.807) is 6.92 Å². The van der Waals surface area contributed by atoms with Crippen molar-refractivity contribution in [3.63, 3.8) is 0 Å². The molecular formula is C50H78O22. The molecule has 4 heterocycles. The Morgan fingerprint density at radius 1 is 0.667 bits per heavy atom. The fourth-order valence-electron chi connectivity index (χ4n) is 13.3. The maximum atomic E-state index is 14.1. The maximum Gasteiger partial charge on any atom is 0.187 e. The van der Waals surface area contributed by atoms with Gasteiger partial charge >= 0.3 is 0 Å². The standard InChI is InChI=1S/C50H78O22/c1-20(19-65-45-40(62)38(60)35(57)30(16-51)68-45)6-9-28(54)21(2)33-29(55)15-27-25-8-7-23-14-24(10-12-49(23,4)26(25)11-13-50(27,33)5)67-48-44(72-46-41(63)37(59)34(56)22(3)66-46)42(64)43(32(18-53)70-48)71-47-39(61)36(58)31(17-52)69-47/h7,20,22,24-27,30-32,34-48,51-53,56-64H,6,8-19H2,1-5H3/b33-21+/t20-,22+,24+,25-,26+,27+,30-,31+,32-,34+,35-,36+,37-,38+,39-,40-,41-,42+,43-,44-,45-,46+,47+,48-,49+,50+/m1/s1. The van der Waals surface area contributed by atoms with Gasteiger partial charge in [-0.05, 0) is 98.9 Å². The highest BCUT2D eigenvalue weighted by Crippen LogP contribution is 2.66. The van der Waals surface area contributed by atoms with E-state index in [0.29, 0.717) is 49.7 Å². The quantitative estimate of drug-likeness (QED) is 0.0574. The summed E-state index contributed by atoms with van der Waals surface area (Å²) >= 11 is 0. The molecule has 7 fully saturated rings. The number of carbonyl (C=O) groups is 2. The van der Waals surface area contributed by atoms with Gasteiger partial charge < -0.3 is 99.2 Å². The van der Waals surface area contributed by atoms with Gasteiger partial charge in [0.25, 0.3) is 0 Å². The minimum absolute atomic E-state index is 0.00418. The third-order valence-electron chi connectivity index (χ3n) is 17.8. The summed E-state index contributed by atoms with van der Waals surface area (Å²) in [4.78, 5) is 27.9. The fourth-order valence-corrected chi connectivity index (χ4v) is 13.3. The molecule has 4 aliphatic carbocycles. The Labute approximate surface area is 418 Å². The molecule has 0 spiro atoms. The lowest BCUT2D eigenvalue weighted by Gasteiger charge is -2.57. The summed E-state index contributed by atoms with van der Waals surface area (Å²) in [5, 5.41) is 125. The van der Waals surface area contributed by atoms with E-state index in [2.05, 4.69) is 19.9 Å². The molecule has 72 heavy (non-hydrogen) atoms. The van der Waals surface area contributed by atoms with Gasteiger partial charge in [0, 0.05) is 18.4 Å². The van der Waals surface area contributed by atoms with Crippen molar-refractivity contribution in [2.24, 2.45) is 34.5 Å². The maximum absolute atomic E-state index is 14.1. The lowest BCUT2D eigenvalue weighted by atomic mass is 9.47. The van der Waals surface area contributed by atoms with E-state index in [1.807, 2.05) is 6.92 Å². The summed E-state index contributed by atoms with van der Waals surface area (Å²) in [7, 11) is 0. The first kappa shape index (κ1) is 56.2. The molecule has 0 radical (unpaired) electrons. The summed E-state index contributed by atoms with van der Waals surface area (Å²) in [5.41, 5.74) is 1.52. The molecule has 410 valence electrons. The number of ether oxygens (including phenoxy) is 8. The highest BCUT2D eigenvalue weighted by Gasteiger charge is 2.61. The largest absolute Gasteiger partial charge is 0.394 e. The van der Waals surface area contributed by atoms with Crippen LogP contribution in [-0.4, -0.2) is 222 Å². The van der Waals surface area contributed by atoms with E-state index in [-0.39, 0.29) is 53.7 Å². The topological polar surface area (TPSA) is 351 Å². The first-order chi connectivity index (χ1) is 34.1. The van der Waals surface area contributed by atoms with Crippen molar-refractivity contribution < 1.29 is 109 Å². The minimum Gasteiger partial charge on any atom is -0.394 e. The van der Waals surface area contributed by atoms with Crippen molar-refractivity contribution >= 4 is 11.6 Å². The van der Waals surface area contributed by atoms with Crippen molar-refractivity contribution in [2.45, 2.75) is 215 Å². The summed E-state index contributed by atoms with van der Waals surface area (Å²) in [6, 6.07) is 0. The van der Waals surface area contributed by atoms with E-state index in [9.17, 15) is 70.9 Å². The highest BCUT2D eigenvalue weighted by atomic mass is 16.8. The summed E-state index contributed by atoms with van der Waals surface area (Å²) in [6.07, 6.45) is -21.1. The van der Waals surface area contributed by atoms with Crippen LogP contribution < -0.4 is 0 Å². The zero-order valence-corrected chi connectivity index (χ0v) is 41.6. The molecule has 4 saturated heterocycles. The van der Waals surface area contributed by atoms with E-state index in [0.717, 1.165) is 12.8 Å². The second kappa shape index (κ2) is 22.5. The predicted molar refractivity (Wildman–Crippen MR) is 244 cm³/mol. The van der Waals surface area contributed by atoms with Crippen molar-refractivity contribution in [3.8, 4) is 0 Å². The molecule has 0 amide bonds. The van der Waals surface area contributed by atoms with Crippen LogP contribution in [0.3, 0.4) is 0 Å². The van der Waals surface area contributed by atoms with Crippen LogP contribution in [0.5, 0.6) is 0 Å². The molecule has 12 N–H and O–H groups in total. The number of allylic oxidation sites excluding steroid dienone is 3. The van der Waals surface area contributed by atoms with Gasteiger partial charge in [-0.1, -0.05) is 32.4 Å². The summed E-state index contributed by atoms with van der Waals surface area (Å²) in [6.45, 7) is 7.61. The van der Waals surface area contributed by atoms with Gasteiger partial charge in [0.2, 0.25) is 0 Å². The van der Waals surface area contributed by atoms with E-state index >= 15 is 0 Å². The van der Waals surface area contributed by atoms with Crippen molar-refractivity contribution in [3.05, 3.63) is 22.8 Å². The normalized spacial score (nSPS) is 49.7. The molecular weight excluding hydrogens is 953 g/mol. The number of aliphatic hydroxyl groups is 12. The second-order valence-corrected chi connectivity index (χ2v) is 22.2. The van der Waals surface area contributed by atoms with Gasteiger partial charge in [0.05, 0.1) is 38.6 Å². The fraction of sp³-hybridized carbons (Fsp3) is 0.880. The highest BCUT2D eigenvalue weighted by molar-refractivity contribution is 6.08. The number of rotatable bonds is 16. The molecule has 8 rings (SSSR count). The number of Topliss-reactive ketones (excluding diaryl/α,β-unsaturated/α-hetero) is 2. The van der Waals surface area contributed by atoms with Crippen LogP contribution in [0.4, 0.5) is 0 Å².